The van der Waals surface area contributed by atoms with Gasteiger partial charge in [0.25, 0.3) is 5.91 Å². The zero-order valence-corrected chi connectivity index (χ0v) is 15.5. The molecule has 3 rings (SSSR count). The lowest BCUT2D eigenvalue weighted by Crippen LogP contribution is -2.31. The Hall–Kier alpha value is -3.22. The summed E-state index contributed by atoms with van der Waals surface area (Å²) in [5.74, 6) is 0.614. The zero-order chi connectivity index (χ0) is 19.4. The summed E-state index contributed by atoms with van der Waals surface area (Å²) in [6.07, 6.45) is 5.00. The number of carbonyl (C=O) groups is 1. The number of hydrogen-bond donors (Lipinski definition) is 0. The van der Waals surface area contributed by atoms with E-state index in [-0.39, 0.29) is 11.5 Å². The maximum absolute atomic E-state index is 14.2. The highest BCUT2D eigenvalue weighted by Gasteiger charge is 2.18. The molecule has 0 aliphatic heterocycles. The molecule has 0 saturated carbocycles. The second-order valence-electron chi connectivity index (χ2n) is 6.02. The monoisotopic (exact) mass is 368 g/mol. The molecule has 140 valence electrons. The number of halogens is 1. The van der Waals surface area contributed by atoms with Crippen LogP contribution in [0.25, 0.3) is 11.3 Å². The molecular weight excluding hydrogens is 347 g/mol. The highest BCUT2D eigenvalue weighted by atomic mass is 19.1. The van der Waals surface area contributed by atoms with Crippen LogP contribution in [0, 0.1) is 5.82 Å². The fourth-order valence-corrected chi connectivity index (χ4v) is 2.82. The number of amides is 1. The van der Waals surface area contributed by atoms with Crippen molar-refractivity contribution >= 4 is 5.91 Å². The summed E-state index contributed by atoms with van der Waals surface area (Å²) in [6.45, 7) is 2.85. The van der Waals surface area contributed by atoms with Crippen LogP contribution in [0.3, 0.4) is 0 Å². The molecule has 0 radical (unpaired) electrons. The van der Waals surface area contributed by atoms with E-state index in [1.54, 1.807) is 35.4 Å². The average Bonchev–Trinajstić information content (AvgIpc) is 3.10. The minimum atomic E-state index is -0.425. The van der Waals surface area contributed by atoms with Crippen molar-refractivity contribution in [2.75, 3.05) is 13.7 Å². The SMILES string of the molecule is CCN(Cc1nccn1C)C(=O)c1ccc(-c2c(F)cccc2OC)nc1. The van der Waals surface area contributed by atoms with Gasteiger partial charge in [0.05, 0.1) is 30.5 Å². The van der Waals surface area contributed by atoms with Gasteiger partial charge in [-0.25, -0.2) is 9.37 Å². The van der Waals surface area contributed by atoms with Crippen LogP contribution >= 0.6 is 0 Å². The van der Waals surface area contributed by atoms with Gasteiger partial charge in [0.15, 0.2) is 0 Å². The van der Waals surface area contributed by atoms with Gasteiger partial charge in [0.1, 0.15) is 17.4 Å². The smallest absolute Gasteiger partial charge is 0.255 e. The Bertz CT molecular complexity index is 937. The number of imidazole rings is 1. The molecule has 2 aromatic heterocycles. The number of ether oxygens (including phenoxy) is 1. The molecular formula is C20H21FN4O2. The fourth-order valence-electron chi connectivity index (χ4n) is 2.82. The Morgan fingerprint density at radius 2 is 2.07 bits per heavy atom. The molecule has 0 aliphatic carbocycles. The molecule has 0 spiro atoms. The minimum absolute atomic E-state index is 0.153. The Morgan fingerprint density at radius 1 is 1.26 bits per heavy atom. The van der Waals surface area contributed by atoms with Crippen molar-refractivity contribution < 1.29 is 13.9 Å². The van der Waals surface area contributed by atoms with E-state index in [0.29, 0.717) is 30.1 Å². The summed E-state index contributed by atoms with van der Waals surface area (Å²) in [6, 6.07) is 7.88. The Labute approximate surface area is 157 Å². The predicted octanol–water partition coefficient (Wildman–Crippen LogP) is 3.29. The van der Waals surface area contributed by atoms with Gasteiger partial charge in [-0.05, 0) is 31.2 Å². The number of benzene rings is 1. The second-order valence-corrected chi connectivity index (χ2v) is 6.02. The molecule has 2 heterocycles. The third-order valence-electron chi connectivity index (χ3n) is 4.38. The number of hydrogen-bond acceptors (Lipinski definition) is 4. The third kappa shape index (κ3) is 3.81. The van der Waals surface area contributed by atoms with Crippen molar-refractivity contribution in [3.8, 4) is 17.0 Å². The minimum Gasteiger partial charge on any atom is -0.496 e. The zero-order valence-electron chi connectivity index (χ0n) is 15.5. The van der Waals surface area contributed by atoms with Crippen molar-refractivity contribution in [1.82, 2.24) is 19.4 Å². The van der Waals surface area contributed by atoms with Gasteiger partial charge in [-0.3, -0.25) is 9.78 Å². The lowest BCUT2D eigenvalue weighted by Gasteiger charge is -2.20. The summed E-state index contributed by atoms with van der Waals surface area (Å²) >= 11 is 0. The van der Waals surface area contributed by atoms with E-state index in [2.05, 4.69) is 9.97 Å². The van der Waals surface area contributed by atoms with E-state index < -0.39 is 5.82 Å². The van der Waals surface area contributed by atoms with Gasteiger partial charge in [-0.15, -0.1) is 0 Å². The first kappa shape index (κ1) is 18.6. The van der Waals surface area contributed by atoms with Crippen molar-refractivity contribution in [3.63, 3.8) is 0 Å². The van der Waals surface area contributed by atoms with E-state index in [9.17, 15) is 9.18 Å². The standard InChI is InChI=1S/C20H21FN4O2/c1-4-25(13-18-22-10-11-24(18)2)20(26)14-8-9-16(23-12-14)19-15(21)6-5-7-17(19)27-3/h5-12H,4,13H2,1-3H3. The molecule has 27 heavy (non-hydrogen) atoms. The van der Waals surface area contributed by atoms with E-state index >= 15 is 0 Å². The highest BCUT2D eigenvalue weighted by Crippen LogP contribution is 2.31. The summed E-state index contributed by atoms with van der Waals surface area (Å²) in [5.41, 5.74) is 1.12. The number of methoxy groups -OCH3 is 1. The number of rotatable bonds is 6. The molecule has 1 amide bonds. The molecule has 0 atom stereocenters. The number of pyridine rings is 1. The number of nitrogens with zero attached hydrogens (tertiary/aromatic N) is 4. The Kier molecular flexibility index (Phi) is 5.49. The van der Waals surface area contributed by atoms with Crippen LogP contribution in [0.1, 0.15) is 23.1 Å². The fraction of sp³-hybridized carbons (Fsp3) is 0.250. The topological polar surface area (TPSA) is 60.2 Å². The summed E-state index contributed by atoms with van der Waals surface area (Å²) in [7, 11) is 3.37. The van der Waals surface area contributed by atoms with Crippen LogP contribution in [0.5, 0.6) is 5.75 Å². The van der Waals surface area contributed by atoms with Gasteiger partial charge in [-0.1, -0.05) is 6.07 Å². The number of carbonyl (C=O) groups excluding carboxylic acids is 1. The molecule has 0 saturated heterocycles. The van der Waals surface area contributed by atoms with Gasteiger partial charge in [0, 0.05) is 32.2 Å². The van der Waals surface area contributed by atoms with Crippen molar-refractivity contribution in [1.29, 1.82) is 0 Å². The summed E-state index contributed by atoms with van der Waals surface area (Å²) < 4.78 is 21.3. The van der Waals surface area contributed by atoms with Crippen LogP contribution in [0.15, 0.2) is 48.9 Å². The molecule has 0 fully saturated rings. The summed E-state index contributed by atoms with van der Waals surface area (Å²) in [5, 5.41) is 0. The van der Waals surface area contributed by atoms with Gasteiger partial charge in [0.2, 0.25) is 0 Å². The van der Waals surface area contributed by atoms with E-state index in [0.717, 1.165) is 5.82 Å². The molecule has 3 aromatic rings. The van der Waals surface area contributed by atoms with Crippen LogP contribution in [-0.4, -0.2) is 39.0 Å². The number of aryl methyl sites for hydroxylation is 1. The molecule has 0 unspecified atom stereocenters. The third-order valence-corrected chi connectivity index (χ3v) is 4.38. The van der Waals surface area contributed by atoms with Crippen molar-refractivity contribution in [2.24, 2.45) is 7.05 Å². The molecule has 7 heteroatoms. The first-order valence-electron chi connectivity index (χ1n) is 8.59. The van der Waals surface area contributed by atoms with Crippen LogP contribution in [0.2, 0.25) is 0 Å². The first-order valence-corrected chi connectivity index (χ1v) is 8.59. The predicted molar refractivity (Wildman–Crippen MR) is 99.8 cm³/mol. The van der Waals surface area contributed by atoms with E-state index in [1.165, 1.54) is 19.4 Å². The van der Waals surface area contributed by atoms with Crippen LogP contribution < -0.4 is 4.74 Å². The lowest BCUT2D eigenvalue weighted by atomic mass is 10.1. The average molecular weight is 368 g/mol. The van der Waals surface area contributed by atoms with Crippen molar-refractivity contribution in [2.45, 2.75) is 13.5 Å². The van der Waals surface area contributed by atoms with Gasteiger partial charge < -0.3 is 14.2 Å². The highest BCUT2D eigenvalue weighted by molar-refractivity contribution is 5.94. The Morgan fingerprint density at radius 3 is 2.67 bits per heavy atom. The Balaban J connectivity index is 1.84. The van der Waals surface area contributed by atoms with Gasteiger partial charge in [-0.2, -0.15) is 0 Å². The van der Waals surface area contributed by atoms with Gasteiger partial charge >= 0.3 is 0 Å². The molecule has 0 N–H and O–H groups in total. The maximum atomic E-state index is 14.2. The second kappa shape index (κ2) is 7.99. The van der Waals surface area contributed by atoms with Crippen LogP contribution in [0.4, 0.5) is 4.39 Å². The molecule has 0 aliphatic rings. The largest absolute Gasteiger partial charge is 0.496 e. The first-order chi connectivity index (χ1) is 13.0. The molecule has 0 bridgehead atoms. The molecule has 6 nitrogen and oxygen atoms in total. The van der Waals surface area contributed by atoms with Crippen molar-refractivity contribution in [3.05, 3.63) is 66.1 Å². The van der Waals surface area contributed by atoms with E-state index in [4.69, 9.17) is 4.74 Å². The maximum Gasteiger partial charge on any atom is 0.255 e. The normalized spacial score (nSPS) is 10.7. The lowest BCUT2D eigenvalue weighted by molar-refractivity contribution is 0.0747. The summed E-state index contributed by atoms with van der Waals surface area (Å²) in [4.78, 5) is 23.0. The quantitative estimate of drug-likeness (QED) is 0.670. The van der Waals surface area contributed by atoms with E-state index in [1.807, 2.05) is 24.7 Å². The number of aromatic nitrogens is 3. The molecule has 1 aromatic carbocycles. The van der Waals surface area contributed by atoms with Crippen LogP contribution in [-0.2, 0) is 13.6 Å².